The van der Waals surface area contributed by atoms with Gasteiger partial charge in [-0.15, -0.1) is 0 Å². The van der Waals surface area contributed by atoms with Crippen LogP contribution >= 0.6 is 10.7 Å². The molecule has 0 saturated carbocycles. The largest absolute Gasteiger partial charge is 0.301 e. The summed E-state index contributed by atoms with van der Waals surface area (Å²) in [6, 6.07) is 0.512. The van der Waals surface area contributed by atoms with Crippen LogP contribution in [0.4, 0.5) is 0 Å². The Bertz CT molecular complexity index is 241. The van der Waals surface area contributed by atoms with Gasteiger partial charge in [0.15, 0.2) is 0 Å². The van der Waals surface area contributed by atoms with Gasteiger partial charge in [0.25, 0.3) is 0 Å². The summed E-state index contributed by atoms with van der Waals surface area (Å²) < 4.78 is 21.4. The van der Waals surface area contributed by atoms with Crippen molar-refractivity contribution in [1.82, 2.24) is 4.90 Å². The molecule has 86 valence electrons. The molecule has 0 aliphatic heterocycles. The Kier molecular flexibility index (Phi) is 6.74. The van der Waals surface area contributed by atoms with Crippen molar-refractivity contribution in [1.29, 1.82) is 0 Å². The molecule has 0 radical (unpaired) electrons. The van der Waals surface area contributed by atoms with Crippen LogP contribution in [0.25, 0.3) is 0 Å². The molecule has 0 aromatic heterocycles. The minimum Gasteiger partial charge on any atom is -0.301 e. The molecule has 3 nitrogen and oxygen atoms in total. The summed E-state index contributed by atoms with van der Waals surface area (Å²) in [5.74, 6) is 0.0709. The van der Waals surface area contributed by atoms with Gasteiger partial charge >= 0.3 is 0 Å². The van der Waals surface area contributed by atoms with E-state index in [4.69, 9.17) is 10.7 Å². The Morgan fingerprint density at radius 3 is 2.29 bits per heavy atom. The third-order valence-corrected chi connectivity index (χ3v) is 3.69. The molecule has 0 aliphatic rings. The molecule has 0 saturated heterocycles. The van der Waals surface area contributed by atoms with E-state index < -0.39 is 9.05 Å². The molecule has 0 bridgehead atoms. The highest BCUT2D eigenvalue weighted by Crippen LogP contribution is 2.06. The lowest BCUT2D eigenvalue weighted by molar-refractivity contribution is 0.215. The first-order chi connectivity index (χ1) is 6.40. The van der Waals surface area contributed by atoms with Crippen molar-refractivity contribution < 1.29 is 8.42 Å². The summed E-state index contributed by atoms with van der Waals surface area (Å²) in [5, 5.41) is 0. The van der Waals surface area contributed by atoms with Gasteiger partial charge in [-0.1, -0.05) is 13.8 Å². The molecule has 0 heterocycles. The van der Waals surface area contributed by atoms with E-state index >= 15 is 0 Å². The molecule has 0 spiro atoms. The van der Waals surface area contributed by atoms with Crippen molar-refractivity contribution in [2.75, 3.05) is 18.8 Å². The lowest BCUT2D eigenvalue weighted by Crippen LogP contribution is -2.33. The van der Waals surface area contributed by atoms with Crippen LogP contribution in [0.3, 0.4) is 0 Å². The van der Waals surface area contributed by atoms with Gasteiger partial charge in [0.2, 0.25) is 9.05 Å². The molecule has 0 rings (SSSR count). The number of hydrogen-bond donors (Lipinski definition) is 0. The zero-order valence-electron chi connectivity index (χ0n) is 9.16. The molecule has 0 N–H and O–H groups in total. The fourth-order valence-electron chi connectivity index (χ4n) is 1.39. The monoisotopic (exact) mass is 241 g/mol. The zero-order valence-corrected chi connectivity index (χ0v) is 10.7. The first-order valence-corrected chi connectivity index (χ1v) is 7.55. The van der Waals surface area contributed by atoms with E-state index in [2.05, 4.69) is 25.7 Å². The van der Waals surface area contributed by atoms with Gasteiger partial charge in [-0.2, -0.15) is 0 Å². The third kappa shape index (κ3) is 6.62. The highest BCUT2D eigenvalue weighted by Gasteiger charge is 2.11. The van der Waals surface area contributed by atoms with Crippen molar-refractivity contribution in [2.24, 2.45) is 0 Å². The van der Waals surface area contributed by atoms with Crippen LogP contribution < -0.4 is 0 Å². The normalized spacial score (nSPS) is 14.6. The summed E-state index contributed by atoms with van der Waals surface area (Å²) in [6.45, 7) is 8.13. The lowest BCUT2D eigenvalue weighted by Gasteiger charge is -2.26. The molecule has 1 atom stereocenters. The fraction of sp³-hybridized carbons (Fsp3) is 1.00. The zero-order chi connectivity index (χ0) is 11.2. The van der Waals surface area contributed by atoms with E-state index in [-0.39, 0.29) is 5.75 Å². The average molecular weight is 242 g/mol. The SMILES string of the molecule is CCC(C)N(CC)CCCS(=O)(=O)Cl. The van der Waals surface area contributed by atoms with Crippen LogP contribution in [-0.4, -0.2) is 38.2 Å². The number of hydrogen-bond acceptors (Lipinski definition) is 3. The lowest BCUT2D eigenvalue weighted by atomic mass is 10.2. The quantitative estimate of drug-likeness (QED) is 0.641. The van der Waals surface area contributed by atoms with Crippen molar-refractivity contribution in [3.63, 3.8) is 0 Å². The highest BCUT2D eigenvalue weighted by atomic mass is 35.7. The van der Waals surface area contributed by atoms with Crippen LogP contribution in [0.2, 0.25) is 0 Å². The number of rotatable bonds is 7. The van der Waals surface area contributed by atoms with E-state index in [0.717, 1.165) is 19.5 Å². The van der Waals surface area contributed by atoms with E-state index in [1.807, 2.05) is 0 Å². The Balaban J connectivity index is 3.85. The second-order valence-electron chi connectivity index (χ2n) is 3.48. The average Bonchev–Trinajstić information content (AvgIpc) is 2.09. The van der Waals surface area contributed by atoms with Crippen molar-refractivity contribution in [2.45, 2.75) is 39.7 Å². The van der Waals surface area contributed by atoms with Crippen molar-refractivity contribution >= 4 is 19.7 Å². The van der Waals surface area contributed by atoms with E-state index in [0.29, 0.717) is 12.5 Å². The maximum absolute atomic E-state index is 10.7. The minimum absolute atomic E-state index is 0.0709. The summed E-state index contributed by atoms with van der Waals surface area (Å²) >= 11 is 0. The molecular weight excluding hydrogens is 222 g/mol. The topological polar surface area (TPSA) is 37.4 Å². The van der Waals surface area contributed by atoms with Crippen LogP contribution in [0, 0.1) is 0 Å². The fourth-order valence-corrected chi connectivity index (χ4v) is 2.19. The van der Waals surface area contributed by atoms with Gasteiger partial charge in [0.05, 0.1) is 5.75 Å². The van der Waals surface area contributed by atoms with E-state index in [1.165, 1.54) is 0 Å². The minimum atomic E-state index is -3.31. The summed E-state index contributed by atoms with van der Waals surface area (Å²) in [7, 11) is 1.81. The van der Waals surface area contributed by atoms with Gasteiger partial charge in [-0.25, -0.2) is 8.42 Å². The van der Waals surface area contributed by atoms with Crippen LogP contribution in [0.5, 0.6) is 0 Å². The molecule has 0 aromatic carbocycles. The molecule has 5 heteroatoms. The van der Waals surface area contributed by atoms with Gasteiger partial charge in [-0.3, -0.25) is 0 Å². The maximum atomic E-state index is 10.7. The summed E-state index contributed by atoms with van der Waals surface area (Å²) in [6.07, 6.45) is 1.70. The summed E-state index contributed by atoms with van der Waals surface area (Å²) in [5.41, 5.74) is 0. The second kappa shape index (κ2) is 6.64. The second-order valence-corrected chi connectivity index (χ2v) is 6.38. The van der Waals surface area contributed by atoms with E-state index in [1.54, 1.807) is 0 Å². The smallest absolute Gasteiger partial charge is 0.232 e. The standard InChI is InChI=1S/C9H20ClNO2S/c1-4-9(3)11(5-2)7-6-8-14(10,12)13/h9H,4-8H2,1-3H3. The van der Waals surface area contributed by atoms with Crippen LogP contribution in [0.15, 0.2) is 0 Å². The van der Waals surface area contributed by atoms with E-state index in [9.17, 15) is 8.42 Å². The first kappa shape index (κ1) is 14.2. The highest BCUT2D eigenvalue weighted by molar-refractivity contribution is 8.13. The Labute approximate surface area is 91.9 Å². The maximum Gasteiger partial charge on any atom is 0.232 e. The van der Waals surface area contributed by atoms with Gasteiger partial charge < -0.3 is 4.90 Å². The van der Waals surface area contributed by atoms with Crippen LogP contribution in [-0.2, 0) is 9.05 Å². The Morgan fingerprint density at radius 2 is 1.93 bits per heavy atom. The summed E-state index contributed by atoms with van der Waals surface area (Å²) in [4.78, 5) is 2.27. The molecule has 14 heavy (non-hydrogen) atoms. The Hall–Kier alpha value is 0.200. The van der Waals surface area contributed by atoms with Gasteiger partial charge in [-0.05, 0) is 32.9 Å². The molecule has 0 aliphatic carbocycles. The predicted molar refractivity (Wildman–Crippen MR) is 61.3 cm³/mol. The number of halogens is 1. The number of nitrogens with zero attached hydrogens (tertiary/aromatic N) is 1. The van der Waals surface area contributed by atoms with Crippen molar-refractivity contribution in [3.8, 4) is 0 Å². The third-order valence-electron chi connectivity index (χ3n) is 2.45. The molecule has 0 fully saturated rings. The first-order valence-electron chi connectivity index (χ1n) is 5.07. The van der Waals surface area contributed by atoms with Crippen molar-refractivity contribution in [3.05, 3.63) is 0 Å². The molecule has 0 aromatic rings. The van der Waals surface area contributed by atoms with Crippen LogP contribution in [0.1, 0.15) is 33.6 Å². The van der Waals surface area contributed by atoms with Gasteiger partial charge in [0.1, 0.15) is 0 Å². The Morgan fingerprint density at radius 1 is 1.36 bits per heavy atom. The molecular formula is C9H20ClNO2S. The molecule has 0 amide bonds. The predicted octanol–water partition coefficient (Wildman–Crippen LogP) is 2.07. The molecule has 1 unspecified atom stereocenters. The van der Waals surface area contributed by atoms with Gasteiger partial charge in [0, 0.05) is 16.7 Å².